The molecule has 0 aromatic carbocycles. The van der Waals surface area contributed by atoms with Gasteiger partial charge in [0.15, 0.2) is 0 Å². The summed E-state index contributed by atoms with van der Waals surface area (Å²) < 4.78 is 5.31. The zero-order valence-electron chi connectivity index (χ0n) is 9.05. The molecule has 0 heterocycles. The van der Waals surface area contributed by atoms with Crippen LogP contribution in [0.1, 0.15) is 46.0 Å². The van der Waals surface area contributed by atoms with Crippen molar-refractivity contribution >= 4 is 0 Å². The van der Waals surface area contributed by atoms with Gasteiger partial charge in [0.05, 0.1) is 11.7 Å². The molecule has 2 heteroatoms. The molecule has 1 aliphatic rings. The number of hydrogen-bond acceptors (Lipinski definition) is 2. The van der Waals surface area contributed by atoms with Crippen LogP contribution in [0.2, 0.25) is 0 Å². The zero-order chi connectivity index (χ0) is 9.90. The van der Waals surface area contributed by atoms with Crippen LogP contribution in [0.25, 0.3) is 0 Å². The highest BCUT2D eigenvalue weighted by atomic mass is 16.5. The van der Waals surface area contributed by atoms with Crippen molar-refractivity contribution in [2.75, 3.05) is 7.11 Å². The standard InChI is InChI=1S/C11H22O2/c1-11(2,13-3)8-10(12)9-6-4-5-7-9/h9-10,12H,4-8H2,1-3H3. The van der Waals surface area contributed by atoms with Gasteiger partial charge in [-0.2, -0.15) is 0 Å². The van der Waals surface area contributed by atoms with Gasteiger partial charge >= 0.3 is 0 Å². The van der Waals surface area contributed by atoms with Gasteiger partial charge in [-0.15, -0.1) is 0 Å². The summed E-state index contributed by atoms with van der Waals surface area (Å²) in [6.45, 7) is 4.07. The quantitative estimate of drug-likeness (QED) is 0.730. The highest BCUT2D eigenvalue weighted by Crippen LogP contribution is 2.31. The van der Waals surface area contributed by atoms with Crippen LogP contribution in [0.15, 0.2) is 0 Å². The lowest BCUT2D eigenvalue weighted by molar-refractivity contribution is -0.0335. The molecule has 13 heavy (non-hydrogen) atoms. The molecule has 0 saturated heterocycles. The molecule has 2 nitrogen and oxygen atoms in total. The van der Waals surface area contributed by atoms with Gasteiger partial charge in [0, 0.05) is 13.5 Å². The van der Waals surface area contributed by atoms with E-state index in [0.717, 1.165) is 6.42 Å². The normalized spacial score (nSPS) is 22.2. The van der Waals surface area contributed by atoms with Crippen molar-refractivity contribution in [3.8, 4) is 0 Å². The lowest BCUT2D eigenvalue weighted by Gasteiger charge is -2.28. The SMILES string of the molecule is COC(C)(C)CC(O)C1CCCC1. The molecule has 0 amide bonds. The molecule has 1 unspecified atom stereocenters. The fraction of sp³-hybridized carbons (Fsp3) is 1.00. The van der Waals surface area contributed by atoms with Crippen molar-refractivity contribution in [1.29, 1.82) is 0 Å². The van der Waals surface area contributed by atoms with E-state index in [2.05, 4.69) is 0 Å². The second kappa shape index (κ2) is 4.43. The predicted molar refractivity (Wildman–Crippen MR) is 53.7 cm³/mol. The van der Waals surface area contributed by atoms with Gasteiger partial charge in [0.2, 0.25) is 0 Å². The van der Waals surface area contributed by atoms with Crippen LogP contribution < -0.4 is 0 Å². The summed E-state index contributed by atoms with van der Waals surface area (Å²) in [5.74, 6) is 0.523. The molecule has 1 rings (SSSR count). The summed E-state index contributed by atoms with van der Waals surface area (Å²) >= 11 is 0. The van der Waals surface area contributed by atoms with Crippen LogP contribution in [-0.2, 0) is 4.74 Å². The van der Waals surface area contributed by atoms with Gasteiger partial charge in [0.25, 0.3) is 0 Å². The molecule has 1 saturated carbocycles. The van der Waals surface area contributed by atoms with Crippen molar-refractivity contribution in [2.45, 2.75) is 57.7 Å². The Morgan fingerprint density at radius 3 is 2.38 bits per heavy atom. The third-order valence-corrected chi connectivity index (χ3v) is 3.20. The molecule has 0 radical (unpaired) electrons. The molecular formula is C11H22O2. The van der Waals surface area contributed by atoms with Gasteiger partial charge in [0.1, 0.15) is 0 Å². The average Bonchev–Trinajstić information content (AvgIpc) is 2.55. The van der Waals surface area contributed by atoms with E-state index in [-0.39, 0.29) is 11.7 Å². The van der Waals surface area contributed by atoms with Crippen molar-refractivity contribution in [3.63, 3.8) is 0 Å². The Morgan fingerprint density at radius 1 is 1.38 bits per heavy atom. The van der Waals surface area contributed by atoms with Crippen LogP contribution in [0, 0.1) is 5.92 Å². The minimum absolute atomic E-state index is 0.169. The van der Waals surface area contributed by atoms with Crippen molar-refractivity contribution in [1.82, 2.24) is 0 Å². The molecule has 0 bridgehead atoms. The number of hydrogen-bond donors (Lipinski definition) is 1. The Morgan fingerprint density at radius 2 is 1.92 bits per heavy atom. The van der Waals surface area contributed by atoms with E-state index in [4.69, 9.17) is 4.74 Å². The summed E-state index contributed by atoms with van der Waals surface area (Å²) in [6, 6.07) is 0. The molecule has 0 aromatic rings. The third-order valence-electron chi connectivity index (χ3n) is 3.20. The first-order chi connectivity index (χ1) is 6.05. The van der Waals surface area contributed by atoms with E-state index in [1.807, 2.05) is 13.8 Å². The van der Waals surface area contributed by atoms with Gasteiger partial charge in [-0.3, -0.25) is 0 Å². The van der Waals surface area contributed by atoms with Gasteiger partial charge in [-0.05, 0) is 32.6 Å². The smallest absolute Gasteiger partial charge is 0.0647 e. The Labute approximate surface area is 81.3 Å². The molecule has 1 N–H and O–H groups in total. The van der Waals surface area contributed by atoms with Crippen molar-refractivity contribution in [3.05, 3.63) is 0 Å². The van der Waals surface area contributed by atoms with Gasteiger partial charge in [-0.25, -0.2) is 0 Å². The number of aliphatic hydroxyl groups excluding tert-OH is 1. The van der Waals surface area contributed by atoms with Gasteiger partial charge in [-0.1, -0.05) is 12.8 Å². The van der Waals surface area contributed by atoms with Crippen LogP contribution in [-0.4, -0.2) is 23.9 Å². The lowest BCUT2D eigenvalue weighted by Crippen LogP contribution is -2.32. The topological polar surface area (TPSA) is 29.5 Å². The summed E-state index contributed by atoms with van der Waals surface area (Å²) in [5.41, 5.74) is -0.179. The highest BCUT2D eigenvalue weighted by Gasteiger charge is 2.28. The van der Waals surface area contributed by atoms with E-state index in [9.17, 15) is 5.11 Å². The second-order valence-corrected chi connectivity index (χ2v) is 4.78. The average molecular weight is 186 g/mol. The van der Waals surface area contributed by atoms with E-state index < -0.39 is 0 Å². The molecule has 0 aromatic heterocycles. The van der Waals surface area contributed by atoms with Crippen LogP contribution >= 0.6 is 0 Å². The van der Waals surface area contributed by atoms with Crippen molar-refractivity contribution < 1.29 is 9.84 Å². The molecule has 0 aliphatic heterocycles. The van der Waals surface area contributed by atoms with Crippen LogP contribution in [0.4, 0.5) is 0 Å². The first-order valence-corrected chi connectivity index (χ1v) is 5.28. The summed E-state index contributed by atoms with van der Waals surface area (Å²) in [5, 5.41) is 9.94. The maximum absolute atomic E-state index is 9.94. The van der Waals surface area contributed by atoms with E-state index in [1.165, 1.54) is 25.7 Å². The first-order valence-electron chi connectivity index (χ1n) is 5.28. The molecule has 0 spiro atoms. The van der Waals surface area contributed by atoms with E-state index in [0.29, 0.717) is 5.92 Å². The lowest BCUT2D eigenvalue weighted by atomic mass is 9.91. The third kappa shape index (κ3) is 3.28. The molecular weight excluding hydrogens is 164 g/mol. The number of aliphatic hydroxyl groups is 1. The molecule has 1 fully saturated rings. The fourth-order valence-electron chi connectivity index (χ4n) is 2.10. The Hall–Kier alpha value is -0.0800. The van der Waals surface area contributed by atoms with Crippen molar-refractivity contribution in [2.24, 2.45) is 5.92 Å². The van der Waals surface area contributed by atoms with Crippen LogP contribution in [0.3, 0.4) is 0 Å². The largest absolute Gasteiger partial charge is 0.393 e. The number of ether oxygens (including phenoxy) is 1. The van der Waals surface area contributed by atoms with E-state index >= 15 is 0 Å². The summed E-state index contributed by atoms with van der Waals surface area (Å²) in [6.07, 6.45) is 5.55. The number of methoxy groups -OCH3 is 1. The maximum atomic E-state index is 9.94. The summed E-state index contributed by atoms with van der Waals surface area (Å²) in [4.78, 5) is 0. The Kier molecular flexibility index (Phi) is 3.74. The zero-order valence-corrected chi connectivity index (χ0v) is 9.05. The Balaban J connectivity index is 2.35. The Bertz CT molecular complexity index is 148. The fourth-order valence-corrected chi connectivity index (χ4v) is 2.10. The molecule has 1 aliphatic carbocycles. The monoisotopic (exact) mass is 186 g/mol. The van der Waals surface area contributed by atoms with E-state index in [1.54, 1.807) is 7.11 Å². The summed E-state index contributed by atoms with van der Waals surface area (Å²) in [7, 11) is 1.71. The second-order valence-electron chi connectivity index (χ2n) is 4.78. The minimum Gasteiger partial charge on any atom is -0.393 e. The highest BCUT2D eigenvalue weighted by molar-refractivity contribution is 4.80. The minimum atomic E-state index is -0.179. The molecule has 78 valence electrons. The number of rotatable bonds is 4. The van der Waals surface area contributed by atoms with Gasteiger partial charge < -0.3 is 9.84 Å². The molecule has 1 atom stereocenters. The first kappa shape index (κ1) is 11.0. The van der Waals surface area contributed by atoms with Crippen LogP contribution in [0.5, 0.6) is 0 Å². The maximum Gasteiger partial charge on any atom is 0.0647 e. The predicted octanol–water partition coefficient (Wildman–Crippen LogP) is 2.35.